The Labute approximate surface area is 145 Å². The molecular weight excluding hydrogens is 318 g/mol. The molecule has 2 heterocycles. The van der Waals surface area contributed by atoms with E-state index in [0.717, 1.165) is 37.3 Å². The monoisotopic (exact) mass is 339 g/mol. The van der Waals surface area contributed by atoms with E-state index in [0.29, 0.717) is 18.2 Å². The Morgan fingerprint density at radius 2 is 1.84 bits per heavy atom. The van der Waals surface area contributed by atoms with Gasteiger partial charge in [0.25, 0.3) is 5.56 Å². The lowest BCUT2D eigenvalue weighted by Crippen LogP contribution is -2.43. The van der Waals surface area contributed by atoms with Gasteiger partial charge in [-0.15, -0.1) is 0 Å². The van der Waals surface area contributed by atoms with Crippen molar-refractivity contribution in [2.75, 3.05) is 31.1 Å². The smallest absolute Gasteiger partial charge is 0.259 e. The van der Waals surface area contributed by atoms with Gasteiger partial charge in [0.05, 0.1) is 12.5 Å². The van der Waals surface area contributed by atoms with Gasteiger partial charge in [0.1, 0.15) is 5.78 Å². The van der Waals surface area contributed by atoms with Gasteiger partial charge < -0.3 is 14.8 Å². The highest BCUT2D eigenvalue weighted by Gasteiger charge is 2.29. The number of hydrogen-bond donors (Lipinski definition) is 1. The zero-order valence-corrected chi connectivity index (χ0v) is 14.0. The number of nitrogens with one attached hydrogen (secondary N) is 1. The number of carbonyl (C=O) groups is 2. The molecule has 6 nitrogen and oxygen atoms in total. The molecule has 2 fully saturated rings. The second kappa shape index (κ2) is 6.44. The van der Waals surface area contributed by atoms with Crippen LogP contribution in [0.25, 0.3) is 10.8 Å². The molecule has 1 aromatic carbocycles. The number of anilines is 1. The standard InChI is InChI=1S/C19H21N3O3/c23-15-2-4-17(18(24)12-15)22-8-5-13-11-14(1-3-16(13)19(22)25)21-9-6-20-7-10-21/h1,3,5,8,11,17,20H,2,4,6-7,9-10,12H2. The van der Waals surface area contributed by atoms with Crippen LogP contribution >= 0.6 is 0 Å². The Morgan fingerprint density at radius 1 is 1.04 bits per heavy atom. The SMILES string of the molecule is O=C1CCC(n2ccc3cc(N4CCNCC4)ccc3c2=O)C(=O)C1. The van der Waals surface area contributed by atoms with Crippen LogP contribution in [0.1, 0.15) is 25.3 Å². The molecule has 4 rings (SSSR count). The second-order valence-corrected chi connectivity index (χ2v) is 6.77. The predicted molar refractivity (Wildman–Crippen MR) is 96.2 cm³/mol. The maximum absolute atomic E-state index is 12.8. The molecule has 0 bridgehead atoms. The Kier molecular flexibility index (Phi) is 4.13. The van der Waals surface area contributed by atoms with E-state index in [4.69, 9.17) is 0 Å². The van der Waals surface area contributed by atoms with Crippen molar-refractivity contribution in [1.82, 2.24) is 9.88 Å². The Morgan fingerprint density at radius 3 is 2.60 bits per heavy atom. The quantitative estimate of drug-likeness (QED) is 0.835. The van der Waals surface area contributed by atoms with Crippen molar-refractivity contribution < 1.29 is 9.59 Å². The summed E-state index contributed by atoms with van der Waals surface area (Å²) in [6, 6.07) is 7.25. The lowest BCUT2D eigenvalue weighted by atomic mass is 9.92. The molecule has 1 unspecified atom stereocenters. The zero-order valence-electron chi connectivity index (χ0n) is 14.0. The minimum absolute atomic E-state index is 0.0317. The minimum atomic E-state index is -0.512. The number of rotatable bonds is 2. The molecule has 1 N–H and O–H groups in total. The predicted octanol–water partition coefficient (Wildman–Crippen LogP) is 1.27. The molecular formula is C19H21N3O3. The summed E-state index contributed by atoms with van der Waals surface area (Å²) in [5.41, 5.74) is 0.961. The van der Waals surface area contributed by atoms with E-state index in [1.807, 2.05) is 24.3 Å². The number of pyridine rings is 1. The molecule has 1 atom stereocenters. The lowest BCUT2D eigenvalue weighted by molar-refractivity contribution is -0.132. The number of benzene rings is 1. The van der Waals surface area contributed by atoms with Crippen LogP contribution in [-0.4, -0.2) is 42.3 Å². The summed E-state index contributed by atoms with van der Waals surface area (Å²) in [5, 5.41) is 4.83. The molecule has 1 aromatic heterocycles. The summed E-state index contributed by atoms with van der Waals surface area (Å²) in [5.74, 6) is -0.189. The van der Waals surface area contributed by atoms with Gasteiger partial charge in [-0.05, 0) is 36.1 Å². The molecule has 2 aliphatic rings. The number of ketones is 2. The summed E-state index contributed by atoms with van der Waals surface area (Å²) in [6.07, 6.45) is 2.42. The van der Waals surface area contributed by atoms with E-state index >= 15 is 0 Å². The van der Waals surface area contributed by atoms with Crippen molar-refractivity contribution in [3.63, 3.8) is 0 Å². The van der Waals surface area contributed by atoms with E-state index in [1.165, 1.54) is 4.57 Å². The van der Waals surface area contributed by atoms with Crippen molar-refractivity contribution in [2.45, 2.75) is 25.3 Å². The van der Waals surface area contributed by atoms with Gasteiger partial charge in [-0.1, -0.05) is 0 Å². The van der Waals surface area contributed by atoms with Gasteiger partial charge >= 0.3 is 0 Å². The van der Waals surface area contributed by atoms with Crippen molar-refractivity contribution in [3.05, 3.63) is 40.8 Å². The highest BCUT2D eigenvalue weighted by Crippen LogP contribution is 2.25. The van der Waals surface area contributed by atoms with Crippen LogP contribution in [0.5, 0.6) is 0 Å². The fourth-order valence-electron chi connectivity index (χ4n) is 3.77. The van der Waals surface area contributed by atoms with Gasteiger partial charge in [-0.2, -0.15) is 0 Å². The van der Waals surface area contributed by atoms with Crippen LogP contribution in [0.15, 0.2) is 35.3 Å². The van der Waals surface area contributed by atoms with Crippen LogP contribution in [0.4, 0.5) is 5.69 Å². The molecule has 1 aliphatic heterocycles. The third-order valence-corrected chi connectivity index (χ3v) is 5.17. The average Bonchev–Trinajstić information content (AvgIpc) is 2.63. The summed E-state index contributed by atoms with van der Waals surface area (Å²) in [4.78, 5) is 38.7. The van der Waals surface area contributed by atoms with Crippen molar-refractivity contribution >= 4 is 28.0 Å². The normalized spacial score (nSPS) is 21.8. The van der Waals surface area contributed by atoms with Gasteiger partial charge in [-0.3, -0.25) is 14.4 Å². The zero-order chi connectivity index (χ0) is 17.4. The first-order valence-corrected chi connectivity index (χ1v) is 8.78. The Hall–Kier alpha value is -2.47. The van der Waals surface area contributed by atoms with E-state index in [-0.39, 0.29) is 23.5 Å². The van der Waals surface area contributed by atoms with Crippen molar-refractivity contribution in [3.8, 4) is 0 Å². The fraction of sp³-hybridized carbons (Fsp3) is 0.421. The first-order chi connectivity index (χ1) is 12.1. The minimum Gasteiger partial charge on any atom is -0.369 e. The van der Waals surface area contributed by atoms with Crippen molar-refractivity contribution in [1.29, 1.82) is 0 Å². The number of aromatic nitrogens is 1. The molecule has 25 heavy (non-hydrogen) atoms. The molecule has 2 aromatic rings. The van der Waals surface area contributed by atoms with Gasteiger partial charge in [0.2, 0.25) is 0 Å². The van der Waals surface area contributed by atoms with Gasteiger partial charge in [0, 0.05) is 49.9 Å². The lowest BCUT2D eigenvalue weighted by Gasteiger charge is -2.29. The van der Waals surface area contributed by atoms with Crippen LogP contribution in [-0.2, 0) is 9.59 Å². The average molecular weight is 339 g/mol. The maximum Gasteiger partial charge on any atom is 0.259 e. The largest absolute Gasteiger partial charge is 0.369 e. The highest BCUT2D eigenvalue weighted by atomic mass is 16.2. The fourth-order valence-corrected chi connectivity index (χ4v) is 3.77. The van der Waals surface area contributed by atoms with Gasteiger partial charge in [0.15, 0.2) is 5.78 Å². The van der Waals surface area contributed by atoms with Crippen LogP contribution in [0, 0.1) is 0 Å². The van der Waals surface area contributed by atoms with E-state index in [9.17, 15) is 14.4 Å². The van der Waals surface area contributed by atoms with E-state index in [2.05, 4.69) is 10.2 Å². The van der Waals surface area contributed by atoms with Crippen molar-refractivity contribution in [2.24, 2.45) is 0 Å². The molecule has 1 saturated heterocycles. The second-order valence-electron chi connectivity index (χ2n) is 6.77. The molecule has 1 aliphatic carbocycles. The maximum atomic E-state index is 12.8. The third-order valence-electron chi connectivity index (χ3n) is 5.17. The van der Waals surface area contributed by atoms with Crippen LogP contribution in [0.3, 0.4) is 0 Å². The van der Waals surface area contributed by atoms with Gasteiger partial charge in [-0.25, -0.2) is 0 Å². The Balaban J connectivity index is 1.70. The summed E-state index contributed by atoms with van der Waals surface area (Å²) in [6.45, 7) is 3.82. The first-order valence-electron chi connectivity index (χ1n) is 8.78. The third kappa shape index (κ3) is 2.98. The summed E-state index contributed by atoms with van der Waals surface area (Å²) < 4.78 is 1.50. The Bertz CT molecular complexity index is 896. The highest BCUT2D eigenvalue weighted by molar-refractivity contribution is 6.03. The van der Waals surface area contributed by atoms with E-state index < -0.39 is 6.04 Å². The number of piperazine rings is 1. The molecule has 130 valence electrons. The first kappa shape index (κ1) is 16.0. The molecule has 0 radical (unpaired) electrons. The summed E-state index contributed by atoms with van der Waals surface area (Å²) in [7, 11) is 0. The number of Topliss-reactive ketones (excluding diaryl/α,β-unsaturated/α-hetero) is 2. The number of fused-ring (bicyclic) bond motifs is 1. The molecule has 1 saturated carbocycles. The number of hydrogen-bond acceptors (Lipinski definition) is 5. The number of carbonyl (C=O) groups excluding carboxylic acids is 2. The number of nitrogens with zero attached hydrogens (tertiary/aromatic N) is 2. The molecule has 0 amide bonds. The summed E-state index contributed by atoms with van der Waals surface area (Å²) >= 11 is 0. The van der Waals surface area contributed by atoms with Crippen LogP contribution in [0.2, 0.25) is 0 Å². The molecule has 6 heteroatoms. The van der Waals surface area contributed by atoms with E-state index in [1.54, 1.807) is 6.20 Å². The topological polar surface area (TPSA) is 71.4 Å². The molecule has 0 spiro atoms. The van der Waals surface area contributed by atoms with Crippen LogP contribution < -0.4 is 15.8 Å².